The number of hydrogen-bond acceptors (Lipinski definition) is 1. The van der Waals surface area contributed by atoms with Gasteiger partial charge < -0.3 is 5.32 Å². The fourth-order valence-corrected chi connectivity index (χ4v) is 2.58. The molecule has 2 aromatic rings. The van der Waals surface area contributed by atoms with Crippen LogP contribution in [0.15, 0.2) is 42.5 Å². The topological polar surface area (TPSA) is 12.0 Å². The van der Waals surface area contributed by atoms with Crippen LogP contribution in [0, 0.1) is 13.8 Å². The van der Waals surface area contributed by atoms with Crippen molar-refractivity contribution >= 4 is 11.6 Å². The number of aryl methyl sites for hydroxylation is 2. The van der Waals surface area contributed by atoms with Crippen LogP contribution in [-0.4, -0.2) is 0 Å². The van der Waals surface area contributed by atoms with Gasteiger partial charge in [-0.3, -0.25) is 0 Å². The number of halogens is 1. The van der Waals surface area contributed by atoms with Gasteiger partial charge >= 0.3 is 0 Å². The molecule has 0 spiro atoms. The summed E-state index contributed by atoms with van der Waals surface area (Å²) in [5, 5.41) is 4.41. The van der Waals surface area contributed by atoms with E-state index in [2.05, 4.69) is 57.3 Å². The minimum atomic E-state index is 0.269. The molecular formula is C18H22ClN. The fourth-order valence-electron chi connectivity index (χ4n) is 2.38. The third-order valence-electron chi connectivity index (χ3n) is 3.88. The molecule has 1 nitrogen and oxygen atoms in total. The van der Waals surface area contributed by atoms with E-state index < -0.39 is 0 Å². The Bertz CT molecular complexity index is 592. The highest BCUT2D eigenvalue weighted by molar-refractivity contribution is 6.30. The van der Waals surface area contributed by atoms with Crippen molar-refractivity contribution in [1.29, 1.82) is 0 Å². The quantitative estimate of drug-likeness (QED) is 0.797. The third kappa shape index (κ3) is 3.62. The molecule has 0 radical (unpaired) electrons. The van der Waals surface area contributed by atoms with E-state index >= 15 is 0 Å². The van der Waals surface area contributed by atoms with Crippen LogP contribution in [0.4, 0.5) is 0 Å². The second-order valence-corrected chi connectivity index (χ2v) is 5.95. The Morgan fingerprint density at radius 3 is 2.10 bits per heavy atom. The predicted octanol–water partition coefficient (Wildman–Crippen LogP) is 5.37. The standard InChI is InChI=1S/C18H22ClN/c1-12-8-9-17(10-13(12)2)15(4)20-14(3)16-6-5-7-18(19)11-16/h5-11,14-15,20H,1-4H3. The zero-order valence-corrected chi connectivity index (χ0v) is 13.3. The van der Waals surface area contributed by atoms with Gasteiger partial charge in [-0.25, -0.2) is 0 Å². The molecular weight excluding hydrogens is 266 g/mol. The Balaban J connectivity index is 2.10. The van der Waals surface area contributed by atoms with Gasteiger partial charge in [0, 0.05) is 17.1 Å². The summed E-state index contributed by atoms with van der Waals surface area (Å²) in [6.07, 6.45) is 0. The van der Waals surface area contributed by atoms with E-state index in [-0.39, 0.29) is 6.04 Å². The van der Waals surface area contributed by atoms with Crippen molar-refractivity contribution in [2.75, 3.05) is 0 Å². The smallest absolute Gasteiger partial charge is 0.0409 e. The summed E-state index contributed by atoms with van der Waals surface area (Å²) in [4.78, 5) is 0. The van der Waals surface area contributed by atoms with E-state index in [9.17, 15) is 0 Å². The molecule has 0 saturated heterocycles. The van der Waals surface area contributed by atoms with E-state index in [4.69, 9.17) is 11.6 Å². The van der Waals surface area contributed by atoms with Crippen molar-refractivity contribution in [2.45, 2.75) is 39.8 Å². The minimum absolute atomic E-state index is 0.269. The zero-order valence-electron chi connectivity index (χ0n) is 12.6. The van der Waals surface area contributed by atoms with Crippen LogP contribution in [0.3, 0.4) is 0 Å². The van der Waals surface area contributed by atoms with Gasteiger partial charge in [-0.05, 0) is 62.1 Å². The van der Waals surface area contributed by atoms with Crippen molar-refractivity contribution in [3.8, 4) is 0 Å². The van der Waals surface area contributed by atoms with E-state index in [0.717, 1.165) is 5.02 Å². The van der Waals surface area contributed by atoms with Crippen LogP contribution < -0.4 is 5.32 Å². The molecule has 2 aromatic carbocycles. The predicted molar refractivity (Wildman–Crippen MR) is 87.3 cm³/mol. The summed E-state index contributed by atoms with van der Waals surface area (Å²) in [5.74, 6) is 0. The van der Waals surface area contributed by atoms with Gasteiger partial charge in [0.25, 0.3) is 0 Å². The summed E-state index contributed by atoms with van der Waals surface area (Å²) >= 11 is 6.05. The molecule has 0 heterocycles. The molecule has 2 rings (SSSR count). The number of hydrogen-bond donors (Lipinski definition) is 1. The van der Waals surface area contributed by atoms with E-state index in [1.54, 1.807) is 0 Å². The largest absolute Gasteiger partial charge is 0.304 e. The van der Waals surface area contributed by atoms with Crippen molar-refractivity contribution < 1.29 is 0 Å². The van der Waals surface area contributed by atoms with E-state index in [1.165, 1.54) is 22.3 Å². The SMILES string of the molecule is Cc1ccc(C(C)NC(C)c2cccc(Cl)c2)cc1C. The molecule has 0 amide bonds. The first-order valence-corrected chi connectivity index (χ1v) is 7.44. The Labute approximate surface area is 127 Å². The van der Waals surface area contributed by atoms with Crippen molar-refractivity contribution in [3.05, 3.63) is 69.7 Å². The van der Waals surface area contributed by atoms with Gasteiger partial charge in [-0.1, -0.05) is 41.9 Å². The van der Waals surface area contributed by atoms with Gasteiger partial charge in [-0.15, -0.1) is 0 Å². The summed E-state index contributed by atoms with van der Waals surface area (Å²) in [7, 11) is 0. The van der Waals surface area contributed by atoms with Gasteiger partial charge in [0.15, 0.2) is 0 Å². The second-order valence-electron chi connectivity index (χ2n) is 5.51. The Morgan fingerprint density at radius 1 is 0.850 bits per heavy atom. The first kappa shape index (κ1) is 15.1. The van der Waals surface area contributed by atoms with Gasteiger partial charge in [0.2, 0.25) is 0 Å². The fraction of sp³-hybridized carbons (Fsp3) is 0.333. The van der Waals surface area contributed by atoms with Gasteiger partial charge in [-0.2, -0.15) is 0 Å². The molecule has 2 unspecified atom stereocenters. The molecule has 0 bridgehead atoms. The highest BCUT2D eigenvalue weighted by Gasteiger charge is 2.11. The average molecular weight is 288 g/mol. The van der Waals surface area contributed by atoms with Crippen LogP contribution in [0.1, 0.15) is 48.2 Å². The summed E-state index contributed by atoms with van der Waals surface area (Å²) < 4.78 is 0. The van der Waals surface area contributed by atoms with Crippen LogP contribution in [0.2, 0.25) is 5.02 Å². The molecule has 0 fully saturated rings. The Hall–Kier alpha value is -1.31. The molecule has 2 atom stereocenters. The molecule has 2 heteroatoms. The maximum atomic E-state index is 6.05. The van der Waals surface area contributed by atoms with Gasteiger partial charge in [0.05, 0.1) is 0 Å². The first-order chi connectivity index (χ1) is 9.47. The Kier molecular flexibility index (Phi) is 4.85. The summed E-state index contributed by atoms with van der Waals surface area (Å²) in [6, 6.07) is 15.3. The first-order valence-electron chi connectivity index (χ1n) is 7.06. The highest BCUT2D eigenvalue weighted by atomic mass is 35.5. The maximum absolute atomic E-state index is 6.05. The van der Waals surface area contributed by atoms with Crippen molar-refractivity contribution in [2.24, 2.45) is 0 Å². The van der Waals surface area contributed by atoms with Crippen molar-refractivity contribution in [1.82, 2.24) is 5.32 Å². The van der Waals surface area contributed by atoms with Gasteiger partial charge in [0.1, 0.15) is 0 Å². The summed E-state index contributed by atoms with van der Waals surface area (Å²) in [6.45, 7) is 8.67. The third-order valence-corrected chi connectivity index (χ3v) is 4.11. The monoisotopic (exact) mass is 287 g/mol. The highest BCUT2D eigenvalue weighted by Crippen LogP contribution is 2.22. The normalized spacial score (nSPS) is 14.1. The molecule has 106 valence electrons. The molecule has 0 aromatic heterocycles. The lowest BCUT2D eigenvalue weighted by molar-refractivity contribution is 0.494. The van der Waals surface area contributed by atoms with E-state index in [0.29, 0.717) is 6.04 Å². The number of rotatable bonds is 4. The molecule has 0 aliphatic rings. The second kappa shape index (κ2) is 6.43. The lowest BCUT2D eigenvalue weighted by Gasteiger charge is -2.21. The summed E-state index contributed by atoms with van der Waals surface area (Å²) in [5.41, 5.74) is 5.21. The molecule has 1 N–H and O–H groups in total. The molecule has 0 aliphatic carbocycles. The van der Waals surface area contributed by atoms with E-state index in [1.807, 2.05) is 18.2 Å². The lowest BCUT2D eigenvalue weighted by atomic mass is 10.0. The number of benzene rings is 2. The van der Waals surface area contributed by atoms with Crippen molar-refractivity contribution in [3.63, 3.8) is 0 Å². The van der Waals surface area contributed by atoms with Crippen LogP contribution in [0.5, 0.6) is 0 Å². The maximum Gasteiger partial charge on any atom is 0.0409 e. The van der Waals surface area contributed by atoms with Crippen LogP contribution in [0.25, 0.3) is 0 Å². The zero-order chi connectivity index (χ0) is 14.7. The molecule has 0 saturated carbocycles. The molecule has 0 aliphatic heterocycles. The minimum Gasteiger partial charge on any atom is -0.304 e. The lowest BCUT2D eigenvalue weighted by Crippen LogP contribution is -2.22. The number of nitrogens with one attached hydrogen (secondary N) is 1. The van der Waals surface area contributed by atoms with Crippen LogP contribution >= 0.6 is 11.6 Å². The Morgan fingerprint density at radius 2 is 1.50 bits per heavy atom. The van der Waals surface area contributed by atoms with Crippen LogP contribution in [-0.2, 0) is 0 Å². The molecule has 20 heavy (non-hydrogen) atoms. The average Bonchev–Trinajstić information content (AvgIpc) is 2.41.